The molecular weight excluding hydrogens is 314 g/mol. The molecule has 0 spiro atoms. The molecule has 0 saturated heterocycles. The quantitative estimate of drug-likeness (QED) is 0.787. The lowest BCUT2D eigenvalue weighted by Gasteiger charge is -2.13. The first kappa shape index (κ1) is 15.8. The largest absolute Gasteiger partial charge is 0.485 e. The van der Waals surface area contributed by atoms with Gasteiger partial charge in [-0.15, -0.1) is 0 Å². The topological polar surface area (TPSA) is 74.1 Å². The Hall–Kier alpha value is -1.60. The normalized spacial score (nSPS) is 11.6. The van der Waals surface area contributed by atoms with Crippen molar-refractivity contribution in [1.82, 2.24) is 14.8 Å². The van der Waals surface area contributed by atoms with Crippen LogP contribution >= 0.6 is 10.7 Å². The number of benzene rings is 1. The van der Waals surface area contributed by atoms with E-state index >= 15 is 0 Å². The second kappa shape index (κ2) is 6.03. The highest BCUT2D eigenvalue weighted by Crippen LogP contribution is 2.28. The van der Waals surface area contributed by atoms with E-state index in [0.717, 1.165) is 0 Å². The molecule has 0 bridgehead atoms. The molecule has 21 heavy (non-hydrogen) atoms. The molecule has 0 aliphatic rings. The molecule has 1 heterocycles. The number of aromatic nitrogens is 3. The Morgan fingerprint density at radius 2 is 1.90 bits per heavy atom. The van der Waals surface area contributed by atoms with Gasteiger partial charge in [-0.3, -0.25) is 0 Å². The third kappa shape index (κ3) is 3.54. The molecule has 0 atom stereocenters. The van der Waals surface area contributed by atoms with Gasteiger partial charge in [-0.05, 0) is 44.0 Å². The minimum atomic E-state index is -3.74. The molecule has 0 radical (unpaired) electrons. The van der Waals surface area contributed by atoms with Gasteiger partial charge in [0.25, 0.3) is 9.05 Å². The lowest BCUT2D eigenvalue weighted by Crippen LogP contribution is -2.08. The summed E-state index contributed by atoms with van der Waals surface area (Å²) in [6, 6.07) is 2.99. The first-order valence-electron chi connectivity index (χ1n) is 6.38. The van der Waals surface area contributed by atoms with E-state index in [1.165, 1.54) is 18.5 Å². The molecule has 2 aromatic rings. The van der Waals surface area contributed by atoms with Crippen molar-refractivity contribution < 1.29 is 13.2 Å². The van der Waals surface area contributed by atoms with E-state index in [0.29, 0.717) is 29.2 Å². The number of rotatable bonds is 5. The maximum Gasteiger partial charge on any atom is 0.261 e. The molecular formula is C13H16ClN3O3S. The Balaban J connectivity index is 2.25. The van der Waals surface area contributed by atoms with Crippen LogP contribution in [0.4, 0.5) is 0 Å². The third-order valence-corrected chi connectivity index (χ3v) is 4.39. The van der Waals surface area contributed by atoms with Gasteiger partial charge in [0.05, 0.1) is 4.90 Å². The monoisotopic (exact) mass is 329 g/mol. The second-order valence-corrected chi connectivity index (χ2v) is 7.17. The first-order valence-corrected chi connectivity index (χ1v) is 8.69. The zero-order chi connectivity index (χ0) is 15.6. The van der Waals surface area contributed by atoms with Crippen molar-refractivity contribution >= 4 is 19.7 Å². The molecule has 114 valence electrons. The van der Waals surface area contributed by atoms with E-state index < -0.39 is 9.05 Å². The van der Waals surface area contributed by atoms with Crippen LogP contribution in [0.1, 0.15) is 23.9 Å². The maximum atomic E-state index is 11.4. The molecule has 1 aromatic heterocycles. The summed E-state index contributed by atoms with van der Waals surface area (Å²) in [6.07, 6.45) is 1.48. The molecule has 6 nitrogen and oxygen atoms in total. The number of nitrogens with zero attached hydrogens (tertiary/aromatic N) is 3. The van der Waals surface area contributed by atoms with E-state index in [9.17, 15) is 8.42 Å². The molecule has 8 heteroatoms. The number of halogens is 1. The lowest BCUT2D eigenvalue weighted by molar-refractivity contribution is 0.283. The van der Waals surface area contributed by atoms with Gasteiger partial charge < -0.3 is 4.74 Å². The summed E-state index contributed by atoms with van der Waals surface area (Å²) in [7, 11) is 1.62. The zero-order valence-electron chi connectivity index (χ0n) is 12.0. The highest BCUT2D eigenvalue weighted by molar-refractivity contribution is 8.13. The van der Waals surface area contributed by atoms with E-state index in [4.69, 9.17) is 15.4 Å². The average molecular weight is 330 g/mol. The van der Waals surface area contributed by atoms with E-state index in [1.807, 2.05) is 6.92 Å². The summed E-state index contributed by atoms with van der Waals surface area (Å²) < 4.78 is 30.3. The molecule has 0 amide bonds. The molecule has 0 unspecified atom stereocenters. The van der Waals surface area contributed by atoms with Crippen LogP contribution in [0, 0.1) is 13.8 Å². The molecule has 0 saturated carbocycles. The van der Waals surface area contributed by atoms with Crippen molar-refractivity contribution in [1.29, 1.82) is 0 Å². The van der Waals surface area contributed by atoms with Crippen molar-refractivity contribution in [3.05, 3.63) is 35.4 Å². The molecule has 1 aromatic carbocycles. The Morgan fingerprint density at radius 1 is 1.29 bits per heavy atom. The van der Waals surface area contributed by atoms with Crippen LogP contribution in [0.5, 0.6) is 5.75 Å². The van der Waals surface area contributed by atoms with Crippen LogP contribution in [0.2, 0.25) is 0 Å². The summed E-state index contributed by atoms with van der Waals surface area (Å²) in [4.78, 5) is 4.20. The Labute approximate surface area is 128 Å². The fourth-order valence-corrected chi connectivity index (χ4v) is 2.98. The Morgan fingerprint density at radius 3 is 2.43 bits per heavy atom. The van der Waals surface area contributed by atoms with Gasteiger partial charge in [-0.1, -0.05) is 0 Å². The number of ether oxygens (including phenoxy) is 1. The summed E-state index contributed by atoms with van der Waals surface area (Å²) >= 11 is 0. The molecule has 0 N–H and O–H groups in total. The average Bonchev–Trinajstić information content (AvgIpc) is 2.84. The van der Waals surface area contributed by atoms with Crippen molar-refractivity contribution in [2.24, 2.45) is 0 Å². The minimum absolute atomic E-state index is 0.0724. The van der Waals surface area contributed by atoms with Crippen molar-refractivity contribution in [2.75, 3.05) is 0 Å². The van der Waals surface area contributed by atoms with E-state index in [2.05, 4.69) is 10.1 Å². The smallest absolute Gasteiger partial charge is 0.261 e. The predicted octanol–water partition coefficient (Wildman–Crippen LogP) is 2.42. The fourth-order valence-electron chi connectivity index (χ4n) is 2.08. The van der Waals surface area contributed by atoms with Gasteiger partial charge in [0.1, 0.15) is 18.7 Å². The van der Waals surface area contributed by atoms with Crippen LogP contribution in [0.15, 0.2) is 23.4 Å². The van der Waals surface area contributed by atoms with Crippen LogP contribution < -0.4 is 4.74 Å². The Bertz CT molecular complexity index is 733. The highest BCUT2D eigenvalue weighted by Gasteiger charge is 2.15. The summed E-state index contributed by atoms with van der Waals surface area (Å²) in [5.74, 6) is 1.34. The van der Waals surface area contributed by atoms with E-state index in [-0.39, 0.29) is 11.5 Å². The third-order valence-electron chi connectivity index (χ3n) is 3.06. The predicted molar refractivity (Wildman–Crippen MR) is 79.0 cm³/mol. The number of hydrogen-bond donors (Lipinski definition) is 0. The molecule has 0 aliphatic heterocycles. The first-order chi connectivity index (χ1) is 9.82. The lowest BCUT2D eigenvalue weighted by atomic mass is 10.1. The molecule has 0 fully saturated rings. The summed E-state index contributed by atoms with van der Waals surface area (Å²) in [5, 5.41) is 4.07. The minimum Gasteiger partial charge on any atom is -0.485 e. The van der Waals surface area contributed by atoms with Gasteiger partial charge in [0, 0.05) is 17.2 Å². The van der Waals surface area contributed by atoms with Gasteiger partial charge >= 0.3 is 0 Å². The van der Waals surface area contributed by atoms with E-state index in [1.54, 1.807) is 18.5 Å². The van der Waals surface area contributed by atoms with Crippen molar-refractivity contribution in [3.8, 4) is 5.75 Å². The van der Waals surface area contributed by atoms with Crippen LogP contribution in [0.25, 0.3) is 0 Å². The number of aryl methyl sites for hydroxylation is 3. The van der Waals surface area contributed by atoms with Gasteiger partial charge in [-0.25, -0.2) is 18.1 Å². The highest BCUT2D eigenvalue weighted by atomic mass is 35.7. The van der Waals surface area contributed by atoms with Gasteiger partial charge in [-0.2, -0.15) is 5.10 Å². The fraction of sp³-hybridized carbons (Fsp3) is 0.385. The zero-order valence-corrected chi connectivity index (χ0v) is 13.6. The van der Waals surface area contributed by atoms with Crippen molar-refractivity contribution in [2.45, 2.75) is 38.8 Å². The standard InChI is InChI=1S/C13H16ClN3O3S/c1-4-17-12(15-8-16-17)7-20-13-9(2)5-11(6-10(13)3)21(14,18)19/h5-6,8H,4,7H2,1-3H3. The summed E-state index contributed by atoms with van der Waals surface area (Å²) in [6.45, 7) is 6.49. The Kier molecular flexibility index (Phi) is 4.53. The van der Waals surface area contributed by atoms with Crippen molar-refractivity contribution in [3.63, 3.8) is 0 Å². The number of hydrogen-bond acceptors (Lipinski definition) is 5. The second-order valence-electron chi connectivity index (χ2n) is 4.60. The van der Waals surface area contributed by atoms with Crippen LogP contribution in [0.3, 0.4) is 0 Å². The summed E-state index contributed by atoms with van der Waals surface area (Å²) in [5.41, 5.74) is 1.41. The molecule has 0 aliphatic carbocycles. The van der Waals surface area contributed by atoms with Crippen LogP contribution in [-0.2, 0) is 22.2 Å². The maximum absolute atomic E-state index is 11.4. The van der Waals surface area contributed by atoms with Gasteiger partial charge in [0.2, 0.25) is 0 Å². The van der Waals surface area contributed by atoms with Crippen LogP contribution in [-0.4, -0.2) is 23.2 Å². The SMILES string of the molecule is CCn1ncnc1COc1c(C)cc(S(=O)(=O)Cl)cc1C. The van der Waals surface area contributed by atoms with Gasteiger partial charge in [0.15, 0.2) is 5.82 Å². The molecule has 2 rings (SSSR count).